The standard InChI is InChI=1S/C8H11N5S/c1-4(2)6-7(14-13-11-6)8-9-5(3)10-12-8/h4H,1-3H3,(H,9,10,12). The molecule has 14 heavy (non-hydrogen) atoms. The molecule has 0 spiro atoms. The maximum Gasteiger partial charge on any atom is 0.194 e. The van der Waals surface area contributed by atoms with Crippen LogP contribution >= 0.6 is 11.5 Å². The minimum Gasteiger partial charge on any atom is -0.263 e. The third-order valence-corrected chi connectivity index (χ3v) is 2.60. The first-order chi connectivity index (χ1) is 6.68. The second kappa shape index (κ2) is 3.45. The summed E-state index contributed by atoms with van der Waals surface area (Å²) in [6.07, 6.45) is 0. The molecule has 1 N–H and O–H groups in total. The van der Waals surface area contributed by atoms with E-state index in [9.17, 15) is 0 Å². The van der Waals surface area contributed by atoms with Gasteiger partial charge < -0.3 is 0 Å². The Morgan fingerprint density at radius 3 is 2.71 bits per heavy atom. The van der Waals surface area contributed by atoms with Crippen LogP contribution in [0.15, 0.2) is 0 Å². The second-order valence-corrected chi connectivity index (χ2v) is 4.14. The van der Waals surface area contributed by atoms with Crippen LogP contribution in [0.1, 0.15) is 31.3 Å². The Bertz CT molecular complexity index is 430. The summed E-state index contributed by atoms with van der Waals surface area (Å²) >= 11 is 1.34. The van der Waals surface area contributed by atoms with Crippen molar-refractivity contribution in [2.75, 3.05) is 0 Å². The predicted octanol–water partition coefficient (Wildman–Crippen LogP) is 1.76. The van der Waals surface area contributed by atoms with Gasteiger partial charge in [-0.2, -0.15) is 5.10 Å². The normalized spacial score (nSPS) is 11.1. The van der Waals surface area contributed by atoms with E-state index in [1.807, 2.05) is 6.92 Å². The van der Waals surface area contributed by atoms with Crippen molar-refractivity contribution in [2.24, 2.45) is 0 Å². The van der Waals surface area contributed by atoms with Crippen LogP contribution in [0.5, 0.6) is 0 Å². The van der Waals surface area contributed by atoms with Crippen molar-refractivity contribution >= 4 is 11.5 Å². The van der Waals surface area contributed by atoms with Gasteiger partial charge in [0.05, 0.1) is 5.69 Å². The molecule has 0 aromatic carbocycles. The van der Waals surface area contributed by atoms with Crippen LogP contribution in [-0.4, -0.2) is 24.8 Å². The van der Waals surface area contributed by atoms with E-state index in [4.69, 9.17) is 0 Å². The highest BCUT2D eigenvalue weighted by Gasteiger charge is 2.16. The van der Waals surface area contributed by atoms with Crippen LogP contribution in [0.3, 0.4) is 0 Å². The minimum absolute atomic E-state index is 0.350. The summed E-state index contributed by atoms with van der Waals surface area (Å²) in [5, 5.41) is 11.0. The van der Waals surface area contributed by atoms with Crippen molar-refractivity contribution in [3.8, 4) is 10.7 Å². The van der Waals surface area contributed by atoms with Gasteiger partial charge in [-0.1, -0.05) is 18.3 Å². The molecule has 0 aliphatic carbocycles. The Labute approximate surface area is 85.8 Å². The van der Waals surface area contributed by atoms with Gasteiger partial charge in [0.15, 0.2) is 5.82 Å². The van der Waals surface area contributed by atoms with Crippen LogP contribution in [0.2, 0.25) is 0 Å². The lowest BCUT2D eigenvalue weighted by atomic mass is 10.1. The number of nitrogens with zero attached hydrogens (tertiary/aromatic N) is 4. The molecule has 0 atom stereocenters. The molecule has 0 aliphatic heterocycles. The second-order valence-electron chi connectivity index (χ2n) is 3.39. The Hall–Kier alpha value is -1.30. The number of aromatic amines is 1. The lowest BCUT2D eigenvalue weighted by Gasteiger charge is -1.99. The van der Waals surface area contributed by atoms with E-state index in [-0.39, 0.29) is 0 Å². The van der Waals surface area contributed by atoms with Gasteiger partial charge in [0.1, 0.15) is 10.7 Å². The predicted molar refractivity (Wildman–Crippen MR) is 54.1 cm³/mol. The number of aromatic nitrogens is 5. The zero-order chi connectivity index (χ0) is 10.1. The van der Waals surface area contributed by atoms with Gasteiger partial charge in [-0.15, -0.1) is 5.10 Å². The van der Waals surface area contributed by atoms with Crippen molar-refractivity contribution in [2.45, 2.75) is 26.7 Å². The van der Waals surface area contributed by atoms with Gasteiger partial charge in [0, 0.05) is 0 Å². The smallest absolute Gasteiger partial charge is 0.194 e. The highest BCUT2D eigenvalue weighted by molar-refractivity contribution is 7.09. The molecule has 74 valence electrons. The Morgan fingerprint density at radius 1 is 1.36 bits per heavy atom. The number of H-pyrrole nitrogens is 1. The monoisotopic (exact) mass is 209 g/mol. The first-order valence-electron chi connectivity index (χ1n) is 4.40. The summed E-state index contributed by atoms with van der Waals surface area (Å²) in [4.78, 5) is 5.22. The van der Waals surface area contributed by atoms with E-state index in [1.54, 1.807) is 0 Å². The summed E-state index contributed by atoms with van der Waals surface area (Å²) < 4.78 is 3.93. The quantitative estimate of drug-likeness (QED) is 0.818. The van der Waals surface area contributed by atoms with Gasteiger partial charge in [-0.25, -0.2) is 4.98 Å². The van der Waals surface area contributed by atoms with Crippen LogP contribution in [0, 0.1) is 6.92 Å². The summed E-state index contributed by atoms with van der Waals surface area (Å²) in [5.74, 6) is 1.85. The van der Waals surface area contributed by atoms with Crippen LogP contribution in [0.4, 0.5) is 0 Å². The van der Waals surface area contributed by atoms with Crippen molar-refractivity contribution in [1.82, 2.24) is 24.8 Å². The van der Waals surface area contributed by atoms with Crippen LogP contribution in [-0.2, 0) is 0 Å². The molecule has 2 rings (SSSR count). The van der Waals surface area contributed by atoms with Crippen LogP contribution < -0.4 is 0 Å². The van der Waals surface area contributed by atoms with Gasteiger partial charge in [-0.05, 0) is 24.4 Å². The van der Waals surface area contributed by atoms with Crippen molar-refractivity contribution in [1.29, 1.82) is 0 Å². The number of aryl methyl sites for hydroxylation is 1. The average molecular weight is 209 g/mol. The van der Waals surface area contributed by atoms with Gasteiger partial charge >= 0.3 is 0 Å². The molecule has 0 unspecified atom stereocenters. The molecule has 2 aromatic heterocycles. The first kappa shape index (κ1) is 9.26. The average Bonchev–Trinajstić information content (AvgIpc) is 2.70. The van der Waals surface area contributed by atoms with E-state index in [1.165, 1.54) is 11.5 Å². The van der Waals surface area contributed by atoms with Crippen molar-refractivity contribution < 1.29 is 0 Å². The number of nitrogens with one attached hydrogen (secondary N) is 1. The van der Waals surface area contributed by atoms with E-state index < -0.39 is 0 Å². The highest BCUT2D eigenvalue weighted by atomic mass is 32.1. The Kier molecular flexibility index (Phi) is 2.28. The molecule has 0 amide bonds. The summed E-state index contributed by atoms with van der Waals surface area (Å²) in [7, 11) is 0. The largest absolute Gasteiger partial charge is 0.263 e. The summed E-state index contributed by atoms with van der Waals surface area (Å²) in [6, 6.07) is 0. The summed E-state index contributed by atoms with van der Waals surface area (Å²) in [5.41, 5.74) is 0.967. The molecule has 0 bridgehead atoms. The SMILES string of the molecule is Cc1nc(-c2snnc2C(C)C)n[nH]1. The van der Waals surface area contributed by atoms with E-state index in [0.29, 0.717) is 11.7 Å². The van der Waals surface area contributed by atoms with E-state index >= 15 is 0 Å². The first-order valence-corrected chi connectivity index (χ1v) is 5.17. The van der Waals surface area contributed by atoms with Crippen molar-refractivity contribution in [3.05, 3.63) is 11.5 Å². The fraction of sp³-hybridized carbons (Fsp3) is 0.500. The van der Waals surface area contributed by atoms with E-state index in [0.717, 1.165) is 16.4 Å². The summed E-state index contributed by atoms with van der Waals surface area (Å²) in [6.45, 7) is 6.04. The zero-order valence-corrected chi connectivity index (χ0v) is 9.09. The fourth-order valence-corrected chi connectivity index (χ4v) is 1.93. The molecule has 2 aromatic rings. The maximum absolute atomic E-state index is 4.26. The molecule has 5 nitrogen and oxygen atoms in total. The lowest BCUT2D eigenvalue weighted by Crippen LogP contribution is -1.91. The third-order valence-electron chi connectivity index (χ3n) is 1.86. The molecule has 0 saturated heterocycles. The number of hydrogen-bond donors (Lipinski definition) is 1. The Morgan fingerprint density at radius 2 is 2.14 bits per heavy atom. The lowest BCUT2D eigenvalue weighted by molar-refractivity contribution is 0.812. The molecule has 6 heteroatoms. The molecule has 0 radical (unpaired) electrons. The minimum atomic E-state index is 0.350. The van der Waals surface area contributed by atoms with Crippen LogP contribution in [0.25, 0.3) is 10.7 Å². The molecule has 0 aliphatic rings. The molecule has 0 saturated carbocycles. The Balaban J connectivity index is 2.46. The van der Waals surface area contributed by atoms with Gasteiger partial charge in [0.2, 0.25) is 0 Å². The van der Waals surface area contributed by atoms with E-state index in [2.05, 4.69) is 38.6 Å². The topological polar surface area (TPSA) is 67.3 Å². The molecule has 2 heterocycles. The molecule has 0 fully saturated rings. The molecular formula is C8H11N5S. The third kappa shape index (κ3) is 1.52. The number of hydrogen-bond acceptors (Lipinski definition) is 5. The maximum atomic E-state index is 4.26. The fourth-order valence-electron chi connectivity index (χ4n) is 1.17. The highest BCUT2D eigenvalue weighted by Crippen LogP contribution is 2.27. The zero-order valence-electron chi connectivity index (χ0n) is 8.27. The van der Waals surface area contributed by atoms with Gasteiger partial charge in [0.25, 0.3) is 0 Å². The molecular weight excluding hydrogens is 198 g/mol. The number of rotatable bonds is 2. The van der Waals surface area contributed by atoms with Gasteiger partial charge in [-0.3, -0.25) is 5.10 Å². The van der Waals surface area contributed by atoms with Crippen molar-refractivity contribution in [3.63, 3.8) is 0 Å².